The number of hydrogen-bond donors (Lipinski definition) is 2. The Morgan fingerprint density at radius 2 is 1.96 bits per heavy atom. The Morgan fingerprint density at radius 1 is 1.18 bits per heavy atom. The number of carbonyl (C=O) groups is 1. The van der Waals surface area contributed by atoms with Crippen LogP contribution in [0, 0.1) is 13.8 Å². The second-order valence-electron chi connectivity index (χ2n) is 8.07. The Bertz CT molecular complexity index is 790. The average Bonchev–Trinajstić information content (AvgIpc) is 3.16. The number of imidazole rings is 1. The molecule has 1 amide bonds. The maximum Gasteiger partial charge on any atom is 0.245 e. The van der Waals surface area contributed by atoms with Crippen molar-refractivity contribution < 1.29 is 4.79 Å². The summed E-state index contributed by atoms with van der Waals surface area (Å²) < 4.78 is 2.18. The lowest BCUT2D eigenvalue weighted by molar-refractivity contribution is -0.126. The second-order valence-corrected chi connectivity index (χ2v) is 8.07. The number of amides is 1. The minimum atomic E-state index is -0.483. The topological polar surface area (TPSA) is 59.0 Å². The molecule has 1 fully saturated rings. The van der Waals surface area contributed by atoms with Crippen molar-refractivity contribution >= 4 is 11.6 Å². The van der Waals surface area contributed by atoms with Crippen molar-refractivity contribution in [2.24, 2.45) is 0 Å². The van der Waals surface area contributed by atoms with Crippen LogP contribution in [-0.4, -0.2) is 27.5 Å². The molecule has 0 aliphatic heterocycles. The van der Waals surface area contributed by atoms with Crippen molar-refractivity contribution in [1.82, 2.24) is 14.9 Å². The van der Waals surface area contributed by atoms with Crippen LogP contribution < -0.4 is 10.6 Å². The van der Waals surface area contributed by atoms with E-state index in [4.69, 9.17) is 0 Å². The first-order chi connectivity index (χ1) is 13.5. The highest BCUT2D eigenvalue weighted by molar-refractivity contribution is 5.89. The van der Waals surface area contributed by atoms with Crippen LogP contribution in [0.25, 0.3) is 0 Å². The van der Waals surface area contributed by atoms with Gasteiger partial charge in [0.15, 0.2) is 0 Å². The van der Waals surface area contributed by atoms with E-state index in [0.29, 0.717) is 6.54 Å². The van der Waals surface area contributed by atoms with Gasteiger partial charge in [0.2, 0.25) is 5.91 Å². The number of nitrogens with zero attached hydrogens (tertiary/aromatic N) is 2. The summed E-state index contributed by atoms with van der Waals surface area (Å²) >= 11 is 0. The summed E-state index contributed by atoms with van der Waals surface area (Å²) in [6, 6.07) is 6.38. The minimum absolute atomic E-state index is 0.145. The summed E-state index contributed by atoms with van der Waals surface area (Å²) in [5, 5.41) is 6.81. The van der Waals surface area contributed by atoms with E-state index in [1.54, 1.807) is 0 Å². The highest BCUT2D eigenvalue weighted by atomic mass is 16.2. The van der Waals surface area contributed by atoms with E-state index in [0.717, 1.165) is 56.6 Å². The molecule has 0 atom stereocenters. The molecule has 5 heteroatoms. The summed E-state index contributed by atoms with van der Waals surface area (Å²) in [7, 11) is 0. The normalized spacial score (nSPS) is 16.0. The number of rotatable bonds is 8. The number of carbonyl (C=O) groups excluding carboxylic acids is 1. The Balaban J connectivity index is 1.60. The van der Waals surface area contributed by atoms with Gasteiger partial charge in [-0.15, -0.1) is 0 Å². The fraction of sp³-hybridized carbons (Fsp3) is 0.565. The largest absolute Gasteiger partial charge is 0.371 e. The summed E-state index contributed by atoms with van der Waals surface area (Å²) in [4.78, 5) is 17.5. The van der Waals surface area contributed by atoms with Gasteiger partial charge in [-0.1, -0.05) is 32.3 Å². The molecule has 0 spiro atoms. The number of benzene rings is 1. The van der Waals surface area contributed by atoms with E-state index in [1.165, 1.54) is 17.5 Å². The Morgan fingerprint density at radius 3 is 2.68 bits per heavy atom. The third kappa shape index (κ3) is 4.75. The first-order valence-corrected chi connectivity index (χ1v) is 10.7. The molecule has 0 unspecified atom stereocenters. The van der Waals surface area contributed by atoms with Crippen LogP contribution in [0.15, 0.2) is 30.6 Å². The second kappa shape index (κ2) is 9.26. The number of anilines is 1. The zero-order valence-corrected chi connectivity index (χ0v) is 17.6. The van der Waals surface area contributed by atoms with Gasteiger partial charge in [0.05, 0.1) is 0 Å². The van der Waals surface area contributed by atoms with Crippen LogP contribution in [0.5, 0.6) is 0 Å². The van der Waals surface area contributed by atoms with Crippen LogP contribution in [0.4, 0.5) is 5.69 Å². The summed E-state index contributed by atoms with van der Waals surface area (Å²) in [5.74, 6) is 1.25. The molecule has 3 rings (SSSR count). The van der Waals surface area contributed by atoms with Crippen molar-refractivity contribution in [3.8, 4) is 0 Å². The molecule has 0 bridgehead atoms. The van der Waals surface area contributed by atoms with Crippen LogP contribution in [0.2, 0.25) is 0 Å². The standard InChI is InChI=1S/C23H34N4O/c1-4-21-24-14-16-27(21)15-8-13-25-22(28)23(11-6-5-7-12-23)26-20-10-9-18(2)19(3)17-20/h9-10,14,16-17,26H,4-8,11-13,15H2,1-3H3,(H,25,28). The van der Waals surface area contributed by atoms with E-state index >= 15 is 0 Å². The van der Waals surface area contributed by atoms with Crippen molar-refractivity contribution in [1.29, 1.82) is 0 Å². The SMILES string of the molecule is CCc1nccn1CCCNC(=O)C1(Nc2ccc(C)c(C)c2)CCCCC1. The Kier molecular flexibility index (Phi) is 6.76. The quantitative estimate of drug-likeness (QED) is 0.666. The van der Waals surface area contributed by atoms with E-state index in [9.17, 15) is 4.79 Å². The van der Waals surface area contributed by atoms with Crippen molar-refractivity contribution in [2.75, 3.05) is 11.9 Å². The monoisotopic (exact) mass is 382 g/mol. The predicted octanol–water partition coefficient (Wildman–Crippen LogP) is 4.38. The van der Waals surface area contributed by atoms with Crippen LogP contribution >= 0.6 is 0 Å². The Labute approximate surface area is 168 Å². The molecule has 1 aromatic heterocycles. The number of nitrogens with one attached hydrogen (secondary N) is 2. The zero-order chi connectivity index (χ0) is 20.0. The first kappa shape index (κ1) is 20.4. The fourth-order valence-corrected chi connectivity index (χ4v) is 4.14. The molecule has 152 valence electrons. The van der Waals surface area contributed by atoms with Crippen molar-refractivity contribution in [3.63, 3.8) is 0 Å². The van der Waals surface area contributed by atoms with E-state index in [-0.39, 0.29) is 5.91 Å². The summed E-state index contributed by atoms with van der Waals surface area (Å²) in [5.41, 5.74) is 3.09. The molecule has 1 heterocycles. The highest BCUT2D eigenvalue weighted by Crippen LogP contribution is 2.32. The number of aryl methyl sites for hydroxylation is 4. The Hall–Kier alpha value is -2.30. The molecule has 2 N–H and O–H groups in total. The highest BCUT2D eigenvalue weighted by Gasteiger charge is 2.39. The fourth-order valence-electron chi connectivity index (χ4n) is 4.14. The van der Waals surface area contributed by atoms with Gasteiger partial charge < -0.3 is 15.2 Å². The maximum atomic E-state index is 13.2. The first-order valence-electron chi connectivity index (χ1n) is 10.7. The number of aromatic nitrogens is 2. The smallest absolute Gasteiger partial charge is 0.245 e. The third-order valence-corrected chi connectivity index (χ3v) is 6.01. The van der Waals surface area contributed by atoms with Gasteiger partial charge in [0.1, 0.15) is 11.4 Å². The van der Waals surface area contributed by atoms with E-state index < -0.39 is 5.54 Å². The summed E-state index contributed by atoms with van der Waals surface area (Å²) in [6.07, 6.45) is 10.9. The molecular weight excluding hydrogens is 348 g/mol. The van der Waals surface area contributed by atoms with Gasteiger partial charge in [-0.2, -0.15) is 0 Å². The third-order valence-electron chi connectivity index (χ3n) is 6.01. The maximum absolute atomic E-state index is 13.2. The van der Waals surface area contributed by atoms with Gasteiger partial charge in [0, 0.05) is 37.6 Å². The molecule has 1 saturated carbocycles. The molecule has 28 heavy (non-hydrogen) atoms. The molecule has 5 nitrogen and oxygen atoms in total. The molecule has 0 radical (unpaired) electrons. The molecule has 1 aliphatic carbocycles. The number of hydrogen-bond acceptors (Lipinski definition) is 3. The minimum Gasteiger partial charge on any atom is -0.371 e. The predicted molar refractivity (Wildman–Crippen MR) is 115 cm³/mol. The van der Waals surface area contributed by atoms with E-state index in [1.807, 2.05) is 12.4 Å². The molecule has 0 saturated heterocycles. The van der Waals surface area contributed by atoms with Gasteiger partial charge in [-0.05, 0) is 56.4 Å². The van der Waals surface area contributed by atoms with Crippen molar-refractivity contribution in [2.45, 2.75) is 77.8 Å². The van der Waals surface area contributed by atoms with E-state index in [2.05, 4.69) is 59.2 Å². The van der Waals surface area contributed by atoms with Gasteiger partial charge in [-0.25, -0.2) is 4.98 Å². The lowest BCUT2D eigenvalue weighted by atomic mass is 9.80. The molecule has 1 aliphatic rings. The molecule has 1 aromatic carbocycles. The average molecular weight is 383 g/mol. The lowest BCUT2D eigenvalue weighted by Gasteiger charge is -2.37. The lowest BCUT2D eigenvalue weighted by Crippen LogP contribution is -2.54. The van der Waals surface area contributed by atoms with Crippen LogP contribution in [0.1, 0.15) is 62.4 Å². The van der Waals surface area contributed by atoms with Crippen LogP contribution in [-0.2, 0) is 17.8 Å². The molecule has 2 aromatic rings. The van der Waals surface area contributed by atoms with Gasteiger partial charge >= 0.3 is 0 Å². The molecular formula is C23H34N4O. The van der Waals surface area contributed by atoms with Crippen LogP contribution in [0.3, 0.4) is 0 Å². The zero-order valence-electron chi connectivity index (χ0n) is 17.6. The van der Waals surface area contributed by atoms with Gasteiger partial charge in [-0.3, -0.25) is 4.79 Å². The van der Waals surface area contributed by atoms with Gasteiger partial charge in [0.25, 0.3) is 0 Å². The summed E-state index contributed by atoms with van der Waals surface area (Å²) in [6.45, 7) is 7.94. The van der Waals surface area contributed by atoms with Crippen molar-refractivity contribution in [3.05, 3.63) is 47.5 Å².